The minimum atomic E-state index is -0.805. The van der Waals surface area contributed by atoms with Crippen LogP contribution < -0.4 is 10.6 Å². The summed E-state index contributed by atoms with van der Waals surface area (Å²) in [6.07, 6.45) is 6.06. The van der Waals surface area contributed by atoms with Crippen LogP contribution in [0.4, 0.5) is 4.79 Å². The standard InChI is InChI=1S/C15H26N2O4/c1-14(8-9-21-11-14)17-13(20)16-10-15(12(18)19)6-4-2-3-5-7-15/h2-11H2,1H3,(H,18,19)(H2,16,17,20). The molecule has 1 saturated heterocycles. The van der Waals surface area contributed by atoms with Crippen molar-refractivity contribution < 1.29 is 19.4 Å². The van der Waals surface area contributed by atoms with Gasteiger partial charge in [0.05, 0.1) is 17.6 Å². The Bertz CT molecular complexity index is 383. The lowest BCUT2D eigenvalue weighted by Crippen LogP contribution is -2.53. The number of urea groups is 1. The number of carboxylic acid groups (broad SMARTS) is 1. The van der Waals surface area contributed by atoms with Gasteiger partial charge in [0.1, 0.15) is 0 Å². The van der Waals surface area contributed by atoms with E-state index in [2.05, 4.69) is 10.6 Å². The second-order valence-electron chi connectivity index (χ2n) is 6.67. The van der Waals surface area contributed by atoms with Crippen molar-refractivity contribution in [3.63, 3.8) is 0 Å². The number of rotatable bonds is 4. The number of carboxylic acids is 1. The van der Waals surface area contributed by atoms with E-state index in [4.69, 9.17) is 4.74 Å². The maximum Gasteiger partial charge on any atom is 0.315 e. The third kappa shape index (κ3) is 4.09. The first-order chi connectivity index (χ1) is 9.96. The van der Waals surface area contributed by atoms with Gasteiger partial charge in [-0.2, -0.15) is 0 Å². The smallest absolute Gasteiger partial charge is 0.315 e. The Kier molecular flexibility index (Phi) is 5.08. The Morgan fingerprint density at radius 1 is 1.14 bits per heavy atom. The van der Waals surface area contributed by atoms with Gasteiger partial charge in [-0.25, -0.2) is 4.79 Å². The van der Waals surface area contributed by atoms with E-state index < -0.39 is 11.4 Å². The van der Waals surface area contributed by atoms with Gasteiger partial charge >= 0.3 is 12.0 Å². The van der Waals surface area contributed by atoms with Crippen molar-refractivity contribution in [2.24, 2.45) is 5.41 Å². The van der Waals surface area contributed by atoms with Gasteiger partial charge in [0.25, 0.3) is 0 Å². The minimum Gasteiger partial charge on any atom is -0.481 e. The Hall–Kier alpha value is -1.30. The predicted molar refractivity (Wildman–Crippen MR) is 78.1 cm³/mol. The molecular formula is C15H26N2O4. The van der Waals surface area contributed by atoms with Gasteiger partial charge in [0.15, 0.2) is 0 Å². The lowest BCUT2D eigenvalue weighted by atomic mass is 9.80. The summed E-state index contributed by atoms with van der Waals surface area (Å²) < 4.78 is 5.29. The maximum absolute atomic E-state index is 12.0. The zero-order chi connectivity index (χ0) is 15.3. The van der Waals surface area contributed by atoms with Gasteiger partial charge in [0.2, 0.25) is 0 Å². The molecule has 0 aromatic rings. The van der Waals surface area contributed by atoms with Crippen molar-refractivity contribution in [2.45, 2.75) is 57.4 Å². The molecule has 0 aromatic carbocycles. The Balaban J connectivity index is 1.89. The van der Waals surface area contributed by atoms with Crippen LogP contribution in [0, 0.1) is 5.41 Å². The molecule has 1 unspecified atom stereocenters. The van der Waals surface area contributed by atoms with Gasteiger partial charge in [-0.05, 0) is 26.2 Å². The van der Waals surface area contributed by atoms with Crippen LogP contribution in [0.15, 0.2) is 0 Å². The highest BCUT2D eigenvalue weighted by Gasteiger charge is 2.39. The second kappa shape index (κ2) is 6.64. The normalized spacial score (nSPS) is 28.6. The number of amides is 2. The topological polar surface area (TPSA) is 87.7 Å². The summed E-state index contributed by atoms with van der Waals surface area (Å²) in [5, 5.41) is 15.2. The molecule has 0 radical (unpaired) electrons. The molecule has 1 atom stereocenters. The average Bonchev–Trinajstić information content (AvgIpc) is 2.72. The molecule has 6 heteroatoms. The molecule has 0 aromatic heterocycles. The first kappa shape index (κ1) is 16.1. The van der Waals surface area contributed by atoms with Gasteiger partial charge in [0, 0.05) is 13.2 Å². The van der Waals surface area contributed by atoms with E-state index in [1.54, 1.807) is 0 Å². The highest BCUT2D eigenvalue weighted by molar-refractivity contribution is 5.78. The van der Waals surface area contributed by atoms with E-state index in [-0.39, 0.29) is 18.1 Å². The van der Waals surface area contributed by atoms with Crippen LogP contribution in [0.3, 0.4) is 0 Å². The first-order valence-corrected chi connectivity index (χ1v) is 7.83. The zero-order valence-electron chi connectivity index (χ0n) is 12.7. The molecule has 1 heterocycles. The van der Waals surface area contributed by atoms with Crippen LogP contribution >= 0.6 is 0 Å². The van der Waals surface area contributed by atoms with Crippen LogP contribution in [-0.4, -0.2) is 42.4 Å². The summed E-state index contributed by atoms with van der Waals surface area (Å²) in [6.45, 7) is 3.30. The summed E-state index contributed by atoms with van der Waals surface area (Å²) in [5.41, 5.74) is -1.15. The van der Waals surface area contributed by atoms with Crippen molar-refractivity contribution in [3.05, 3.63) is 0 Å². The Morgan fingerprint density at radius 2 is 1.81 bits per heavy atom. The molecule has 2 fully saturated rings. The van der Waals surface area contributed by atoms with Crippen LogP contribution in [-0.2, 0) is 9.53 Å². The number of nitrogens with one attached hydrogen (secondary N) is 2. The van der Waals surface area contributed by atoms with Crippen LogP contribution in [0.2, 0.25) is 0 Å². The lowest BCUT2D eigenvalue weighted by molar-refractivity contribution is -0.149. The molecule has 2 amide bonds. The molecular weight excluding hydrogens is 272 g/mol. The molecule has 21 heavy (non-hydrogen) atoms. The van der Waals surface area contributed by atoms with Crippen molar-refractivity contribution in [2.75, 3.05) is 19.8 Å². The molecule has 1 aliphatic heterocycles. The number of hydrogen-bond donors (Lipinski definition) is 3. The van der Waals surface area contributed by atoms with E-state index >= 15 is 0 Å². The Labute approximate surface area is 125 Å². The molecule has 0 bridgehead atoms. The maximum atomic E-state index is 12.0. The molecule has 1 aliphatic carbocycles. The average molecular weight is 298 g/mol. The molecule has 6 nitrogen and oxygen atoms in total. The number of ether oxygens (including phenoxy) is 1. The third-order valence-electron chi connectivity index (χ3n) is 4.74. The molecule has 1 saturated carbocycles. The fraction of sp³-hybridized carbons (Fsp3) is 0.867. The van der Waals surface area contributed by atoms with Gasteiger partial charge in [-0.15, -0.1) is 0 Å². The number of hydrogen-bond acceptors (Lipinski definition) is 3. The van der Waals surface area contributed by atoms with Gasteiger partial charge < -0.3 is 20.5 Å². The largest absolute Gasteiger partial charge is 0.481 e. The van der Waals surface area contributed by atoms with E-state index in [1.165, 1.54) is 0 Å². The zero-order valence-corrected chi connectivity index (χ0v) is 12.7. The van der Waals surface area contributed by atoms with Crippen LogP contribution in [0.25, 0.3) is 0 Å². The summed E-state index contributed by atoms with van der Waals surface area (Å²) in [7, 11) is 0. The molecule has 3 N–H and O–H groups in total. The highest BCUT2D eigenvalue weighted by atomic mass is 16.5. The fourth-order valence-corrected chi connectivity index (χ4v) is 3.20. The van der Waals surface area contributed by atoms with Crippen molar-refractivity contribution in [1.29, 1.82) is 0 Å². The highest BCUT2D eigenvalue weighted by Crippen LogP contribution is 2.34. The van der Waals surface area contributed by atoms with Crippen molar-refractivity contribution >= 4 is 12.0 Å². The van der Waals surface area contributed by atoms with E-state index in [9.17, 15) is 14.7 Å². The summed E-state index contributed by atoms with van der Waals surface area (Å²) in [4.78, 5) is 23.7. The van der Waals surface area contributed by atoms with Crippen molar-refractivity contribution in [1.82, 2.24) is 10.6 Å². The number of aliphatic carboxylic acids is 1. The summed E-state index contributed by atoms with van der Waals surface area (Å²) >= 11 is 0. The Morgan fingerprint density at radius 3 is 2.33 bits per heavy atom. The summed E-state index contributed by atoms with van der Waals surface area (Å²) in [6, 6.07) is -0.298. The van der Waals surface area contributed by atoms with E-state index in [0.717, 1.165) is 32.1 Å². The van der Waals surface area contributed by atoms with Crippen molar-refractivity contribution in [3.8, 4) is 0 Å². The molecule has 2 rings (SSSR count). The van der Waals surface area contributed by atoms with Gasteiger partial charge in [-0.1, -0.05) is 25.7 Å². The molecule has 120 valence electrons. The summed E-state index contributed by atoms with van der Waals surface area (Å²) in [5.74, 6) is -0.792. The number of carbonyl (C=O) groups is 2. The number of carbonyl (C=O) groups excluding carboxylic acids is 1. The quantitative estimate of drug-likeness (QED) is 0.692. The lowest BCUT2D eigenvalue weighted by Gasteiger charge is -2.30. The minimum absolute atomic E-state index is 0.200. The molecule has 0 spiro atoms. The molecule has 2 aliphatic rings. The third-order valence-corrected chi connectivity index (χ3v) is 4.74. The van der Waals surface area contributed by atoms with Crippen LogP contribution in [0.5, 0.6) is 0 Å². The predicted octanol–water partition coefficient (Wildman–Crippen LogP) is 1.89. The van der Waals surface area contributed by atoms with E-state index in [1.807, 2.05) is 6.92 Å². The monoisotopic (exact) mass is 298 g/mol. The fourth-order valence-electron chi connectivity index (χ4n) is 3.20. The first-order valence-electron chi connectivity index (χ1n) is 7.83. The van der Waals surface area contributed by atoms with Gasteiger partial charge in [-0.3, -0.25) is 4.79 Å². The second-order valence-corrected chi connectivity index (χ2v) is 6.67. The van der Waals surface area contributed by atoms with E-state index in [0.29, 0.717) is 26.1 Å². The van der Waals surface area contributed by atoms with Crippen LogP contribution in [0.1, 0.15) is 51.9 Å². The SMILES string of the molecule is CC1(NC(=O)NCC2(C(=O)O)CCCCCC2)CCOC1.